The summed E-state index contributed by atoms with van der Waals surface area (Å²) in [6, 6.07) is 60.0. The van der Waals surface area contributed by atoms with E-state index in [-0.39, 0.29) is 10.8 Å². The third-order valence-electron chi connectivity index (χ3n) is 12.9. The average molecular weight is 876 g/mol. The largest absolute Gasteiger partial charge is 0.497 e. The van der Waals surface area contributed by atoms with Gasteiger partial charge in [-0.2, -0.15) is 0 Å². The number of hydrogen-bond donors (Lipinski definition) is 1. The van der Waals surface area contributed by atoms with Crippen LogP contribution in [0, 0.1) is 27.7 Å². The SMILES string of the molecule is COc1ccc2c(c1)-c1ccc(Cl)cc1C2(C)C.COc1ccc2c(c1)-c1ccc(N(c3ccc(C)cc3)c3ccc(C)cc3)cc1C2(C)C.Cc1ccc(Nc2ccc(C)cc2)cc1. The van der Waals surface area contributed by atoms with Crippen LogP contribution in [0.4, 0.5) is 28.4 Å². The van der Waals surface area contributed by atoms with E-state index in [0.29, 0.717) is 0 Å². The van der Waals surface area contributed by atoms with Crippen LogP contribution < -0.4 is 19.7 Å². The summed E-state index contributed by atoms with van der Waals surface area (Å²) >= 11 is 6.13. The third kappa shape index (κ3) is 9.28. The van der Waals surface area contributed by atoms with Gasteiger partial charge in [-0.05, 0) is 169 Å². The van der Waals surface area contributed by atoms with Crippen molar-refractivity contribution in [2.45, 2.75) is 66.2 Å². The van der Waals surface area contributed by atoms with E-state index in [2.05, 4.69) is 223 Å². The minimum atomic E-state index is -0.0703. The summed E-state index contributed by atoms with van der Waals surface area (Å²) in [5.74, 6) is 1.80. The lowest BCUT2D eigenvalue weighted by molar-refractivity contribution is 0.414. The number of aryl methyl sites for hydroxylation is 4. The first-order chi connectivity index (χ1) is 31.2. The lowest BCUT2D eigenvalue weighted by Gasteiger charge is -2.28. The highest BCUT2D eigenvalue weighted by molar-refractivity contribution is 6.30. The predicted octanol–water partition coefficient (Wildman–Crippen LogP) is 16.8. The van der Waals surface area contributed by atoms with Crippen LogP contribution >= 0.6 is 11.6 Å². The number of benzene rings is 8. The second-order valence-corrected chi connectivity index (χ2v) is 18.8. The monoisotopic (exact) mass is 874 g/mol. The number of fused-ring (bicyclic) bond motifs is 6. The molecule has 0 amide bonds. The Hall–Kier alpha value is -6.75. The maximum Gasteiger partial charge on any atom is 0.119 e. The van der Waals surface area contributed by atoms with E-state index < -0.39 is 0 Å². The number of methoxy groups -OCH3 is 2. The maximum absolute atomic E-state index is 6.13. The van der Waals surface area contributed by atoms with Crippen LogP contribution in [-0.4, -0.2) is 14.2 Å². The van der Waals surface area contributed by atoms with Crippen molar-refractivity contribution < 1.29 is 9.47 Å². The molecule has 8 aromatic carbocycles. The molecule has 1 N–H and O–H groups in total. The summed E-state index contributed by atoms with van der Waals surface area (Å²) in [5, 5.41) is 4.15. The standard InChI is InChI=1S/C30H29NO.C16H15ClO.C14H15N/c1-20-6-10-22(11-7-20)31(23-12-8-21(2)9-13-23)24-14-16-26-27-19-25(32-5)15-17-28(27)30(3,4)29(26)18-24;1-16(2)14-7-5-11(18-3)9-13(14)12-6-4-10(17)8-15(12)16;1-11-3-7-13(8-4-11)15-14-9-5-12(2)6-10-14/h6-19H,1-5H3;4-9H,1-3H3;3-10,15H,1-2H3. The van der Waals surface area contributed by atoms with Gasteiger partial charge in [-0.25, -0.2) is 0 Å². The highest BCUT2D eigenvalue weighted by Crippen LogP contribution is 2.52. The zero-order chi connectivity index (χ0) is 46.0. The van der Waals surface area contributed by atoms with Gasteiger partial charge in [0.15, 0.2) is 0 Å². The second kappa shape index (κ2) is 18.4. The highest BCUT2D eigenvalue weighted by atomic mass is 35.5. The van der Waals surface area contributed by atoms with Gasteiger partial charge in [0, 0.05) is 44.3 Å². The molecule has 2 aliphatic carbocycles. The molecule has 0 saturated heterocycles. The molecule has 0 fully saturated rings. The van der Waals surface area contributed by atoms with Crippen molar-refractivity contribution in [2.24, 2.45) is 0 Å². The Morgan fingerprint density at radius 1 is 0.385 bits per heavy atom. The minimum absolute atomic E-state index is 0.00182. The van der Waals surface area contributed by atoms with Gasteiger partial charge in [-0.1, -0.05) is 134 Å². The summed E-state index contributed by atoms with van der Waals surface area (Å²) in [7, 11) is 3.43. The summed E-state index contributed by atoms with van der Waals surface area (Å²) in [6.07, 6.45) is 0. The summed E-state index contributed by atoms with van der Waals surface area (Å²) in [5.41, 5.74) is 21.2. The Bertz CT molecular complexity index is 2860. The first-order valence-electron chi connectivity index (χ1n) is 22.3. The van der Waals surface area contributed by atoms with Crippen molar-refractivity contribution in [1.82, 2.24) is 0 Å². The first kappa shape index (κ1) is 44.8. The van der Waals surface area contributed by atoms with Crippen LogP contribution in [0.25, 0.3) is 22.3 Å². The van der Waals surface area contributed by atoms with Gasteiger partial charge < -0.3 is 19.7 Å². The average Bonchev–Trinajstić information content (AvgIpc) is 3.67. The fourth-order valence-electron chi connectivity index (χ4n) is 9.09. The first-order valence-corrected chi connectivity index (χ1v) is 22.7. The van der Waals surface area contributed by atoms with Crippen LogP contribution in [0.1, 0.15) is 72.2 Å². The molecule has 0 bridgehead atoms. The Labute approximate surface area is 391 Å². The molecule has 0 heterocycles. The van der Waals surface area contributed by atoms with Crippen molar-refractivity contribution in [3.8, 4) is 33.8 Å². The van der Waals surface area contributed by atoms with Gasteiger partial charge in [-0.15, -0.1) is 0 Å². The van der Waals surface area contributed by atoms with Gasteiger partial charge in [-0.3, -0.25) is 0 Å². The summed E-state index contributed by atoms with van der Waals surface area (Å²) in [6.45, 7) is 17.5. The number of nitrogens with one attached hydrogen (secondary N) is 1. The Balaban J connectivity index is 0.000000147. The van der Waals surface area contributed by atoms with E-state index in [1.807, 2.05) is 12.1 Å². The molecule has 328 valence electrons. The van der Waals surface area contributed by atoms with E-state index >= 15 is 0 Å². The van der Waals surface area contributed by atoms with Crippen LogP contribution in [0.3, 0.4) is 0 Å². The van der Waals surface area contributed by atoms with Crippen molar-refractivity contribution in [2.75, 3.05) is 24.4 Å². The van der Waals surface area contributed by atoms with E-state index in [9.17, 15) is 0 Å². The Kier molecular flexibility index (Phi) is 12.7. The molecule has 8 aromatic rings. The topological polar surface area (TPSA) is 33.7 Å². The van der Waals surface area contributed by atoms with E-state index in [0.717, 1.165) is 39.3 Å². The van der Waals surface area contributed by atoms with Crippen molar-refractivity contribution in [1.29, 1.82) is 0 Å². The van der Waals surface area contributed by atoms with Crippen LogP contribution in [0.5, 0.6) is 11.5 Å². The number of nitrogens with zero attached hydrogens (tertiary/aromatic N) is 1. The number of halogens is 1. The highest BCUT2D eigenvalue weighted by Gasteiger charge is 2.37. The number of anilines is 5. The fourth-order valence-corrected chi connectivity index (χ4v) is 9.27. The molecule has 2 aliphatic rings. The molecule has 0 unspecified atom stereocenters. The molecule has 10 rings (SSSR count). The quantitative estimate of drug-likeness (QED) is 0.173. The molecular formula is C60H59ClN2O2. The lowest BCUT2D eigenvalue weighted by atomic mass is 9.82. The van der Waals surface area contributed by atoms with Gasteiger partial charge >= 0.3 is 0 Å². The fraction of sp³-hybridized carbons (Fsp3) is 0.200. The van der Waals surface area contributed by atoms with E-state index in [1.54, 1.807) is 14.2 Å². The van der Waals surface area contributed by atoms with Crippen LogP contribution in [0.15, 0.2) is 170 Å². The molecule has 0 saturated carbocycles. The zero-order valence-electron chi connectivity index (χ0n) is 39.3. The molecule has 5 heteroatoms. The Morgan fingerprint density at radius 3 is 1.17 bits per heavy atom. The van der Waals surface area contributed by atoms with Crippen molar-refractivity contribution >= 4 is 40.0 Å². The molecule has 0 atom stereocenters. The van der Waals surface area contributed by atoms with Crippen LogP contribution in [-0.2, 0) is 10.8 Å². The van der Waals surface area contributed by atoms with Gasteiger partial charge in [0.2, 0.25) is 0 Å². The number of rotatable bonds is 7. The normalized spacial score (nSPS) is 13.1. The lowest BCUT2D eigenvalue weighted by Crippen LogP contribution is -2.16. The minimum Gasteiger partial charge on any atom is -0.497 e. The number of hydrogen-bond acceptors (Lipinski definition) is 4. The van der Waals surface area contributed by atoms with E-state index in [1.165, 1.54) is 72.4 Å². The number of ether oxygens (including phenoxy) is 2. The van der Waals surface area contributed by atoms with Gasteiger partial charge in [0.05, 0.1) is 14.2 Å². The maximum atomic E-state index is 6.13. The third-order valence-corrected chi connectivity index (χ3v) is 13.2. The molecule has 0 spiro atoms. The zero-order valence-corrected chi connectivity index (χ0v) is 40.1. The second-order valence-electron chi connectivity index (χ2n) is 18.4. The Morgan fingerprint density at radius 2 is 0.754 bits per heavy atom. The van der Waals surface area contributed by atoms with Crippen molar-refractivity contribution in [3.63, 3.8) is 0 Å². The molecular weight excluding hydrogens is 816 g/mol. The van der Waals surface area contributed by atoms with Crippen molar-refractivity contribution in [3.05, 3.63) is 219 Å². The summed E-state index contributed by atoms with van der Waals surface area (Å²) < 4.78 is 10.8. The molecule has 0 aromatic heterocycles. The molecule has 65 heavy (non-hydrogen) atoms. The van der Waals surface area contributed by atoms with Gasteiger partial charge in [0.25, 0.3) is 0 Å². The molecule has 0 aliphatic heterocycles. The smallest absolute Gasteiger partial charge is 0.119 e. The summed E-state index contributed by atoms with van der Waals surface area (Å²) in [4.78, 5) is 2.35. The van der Waals surface area contributed by atoms with Crippen LogP contribution in [0.2, 0.25) is 5.02 Å². The predicted molar refractivity (Wildman–Crippen MR) is 276 cm³/mol. The molecule has 0 radical (unpaired) electrons. The van der Waals surface area contributed by atoms with Gasteiger partial charge in [0.1, 0.15) is 11.5 Å². The van der Waals surface area contributed by atoms with E-state index in [4.69, 9.17) is 21.1 Å². The molecule has 4 nitrogen and oxygen atoms in total.